The Balaban J connectivity index is 0. The topological polar surface area (TPSA) is 40.5 Å². The first kappa shape index (κ1) is 8.85. The Morgan fingerprint density at radius 1 is 1.25 bits per heavy atom. The molecule has 0 heterocycles. The third kappa shape index (κ3) is 13.3. The van der Waals surface area contributed by atoms with E-state index in [0.29, 0.717) is 0 Å². The van der Waals surface area contributed by atoms with E-state index in [4.69, 9.17) is 10.0 Å². The van der Waals surface area contributed by atoms with Crippen molar-refractivity contribution < 1.29 is 36.3 Å². The van der Waals surface area contributed by atoms with Crippen molar-refractivity contribution in [3.05, 3.63) is 0 Å². The van der Waals surface area contributed by atoms with E-state index in [9.17, 15) is 0 Å². The van der Waals surface area contributed by atoms with Crippen LogP contribution in [0.3, 0.4) is 0 Å². The van der Waals surface area contributed by atoms with Crippen LogP contribution in [-0.2, 0) is 26.2 Å². The van der Waals surface area contributed by atoms with E-state index in [2.05, 4.69) is 0 Å². The Hall–Kier alpha value is 0.868. The zero-order valence-electron chi connectivity index (χ0n) is 1.97. The van der Waals surface area contributed by atoms with Crippen molar-refractivity contribution in [1.29, 1.82) is 0 Å². The summed E-state index contributed by atoms with van der Waals surface area (Å²) in [6.45, 7) is 0. The monoisotopic (exact) mass is 135 g/mol. The molecule has 0 aromatic carbocycles. The van der Waals surface area contributed by atoms with Gasteiger partial charge in [0.2, 0.25) is 0 Å². The van der Waals surface area contributed by atoms with E-state index in [1.165, 1.54) is 0 Å². The molecule has 0 aliphatic carbocycles. The zero-order chi connectivity index (χ0) is 2.71. The molecule has 2 nitrogen and oxygen atoms in total. The fraction of sp³-hybridized carbons (Fsp3) is 0. The van der Waals surface area contributed by atoms with Gasteiger partial charge in [0.1, 0.15) is 0 Å². The summed E-state index contributed by atoms with van der Waals surface area (Å²) in [5.74, 6) is 0. The maximum Gasteiger partial charge on any atom is 4.00 e. The molecule has 0 fully saturated rings. The zero-order valence-corrected chi connectivity index (χ0v) is 4.43. The largest absolute Gasteiger partial charge is 4.00 e. The van der Waals surface area contributed by atoms with E-state index in [-0.39, 0.29) is 33.9 Å². The SMILES string of the molecule is O[B]O.[Zr+4]. The molecule has 17 valence electrons. The molecule has 0 saturated heterocycles. The van der Waals surface area contributed by atoms with Crippen molar-refractivity contribution in [2.45, 2.75) is 0 Å². The van der Waals surface area contributed by atoms with Crippen molar-refractivity contribution in [2.75, 3.05) is 0 Å². The van der Waals surface area contributed by atoms with Crippen LogP contribution >= 0.6 is 0 Å². The normalized spacial score (nSPS) is 3.50. The minimum Gasteiger partial charge on any atom is -0.429 e. The van der Waals surface area contributed by atoms with E-state index in [1.54, 1.807) is 0 Å². The van der Waals surface area contributed by atoms with Crippen molar-refractivity contribution in [2.24, 2.45) is 0 Å². The molecule has 0 atom stereocenters. The summed E-state index contributed by atoms with van der Waals surface area (Å²) in [4.78, 5) is 0. The van der Waals surface area contributed by atoms with Crippen molar-refractivity contribution >= 4 is 7.69 Å². The van der Waals surface area contributed by atoms with Crippen LogP contribution in [-0.4, -0.2) is 17.7 Å². The summed E-state index contributed by atoms with van der Waals surface area (Å²) in [6.07, 6.45) is 0. The van der Waals surface area contributed by atoms with Gasteiger partial charge in [-0.15, -0.1) is 0 Å². The molecule has 0 aromatic heterocycles. The summed E-state index contributed by atoms with van der Waals surface area (Å²) in [5.41, 5.74) is 0. The van der Waals surface area contributed by atoms with Gasteiger partial charge < -0.3 is 10.0 Å². The van der Waals surface area contributed by atoms with E-state index in [1.807, 2.05) is 0 Å². The molecule has 0 aromatic rings. The molecule has 0 bridgehead atoms. The molecule has 0 aliphatic heterocycles. The molecular weight excluding hydrogens is 134 g/mol. The third-order valence-corrected chi connectivity index (χ3v) is 0. The van der Waals surface area contributed by atoms with Crippen LogP contribution in [0.1, 0.15) is 0 Å². The smallest absolute Gasteiger partial charge is 0.429 e. The van der Waals surface area contributed by atoms with E-state index < -0.39 is 0 Å². The molecule has 0 spiro atoms. The molecule has 2 N–H and O–H groups in total. The molecule has 0 saturated carbocycles. The van der Waals surface area contributed by atoms with Crippen LogP contribution in [0.2, 0.25) is 0 Å². The summed E-state index contributed by atoms with van der Waals surface area (Å²) >= 11 is 0. The molecule has 0 amide bonds. The van der Waals surface area contributed by atoms with Gasteiger partial charge in [0, 0.05) is 0 Å². The van der Waals surface area contributed by atoms with Gasteiger partial charge in [-0.1, -0.05) is 0 Å². The van der Waals surface area contributed by atoms with Gasteiger partial charge in [-0.25, -0.2) is 0 Å². The van der Waals surface area contributed by atoms with Crippen LogP contribution < -0.4 is 0 Å². The van der Waals surface area contributed by atoms with E-state index >= 15 is 0 Å². The van der Waals surface area contributed by atoms with Crippen LogP contribution in [0.15, 0.2) is 0 Å². The minimum atomic E-state index is 0. The summed E-state index contributed by atoms with van der Waals surface area (Å²) in [5, 5.41) is 14.0. The van der Waals surface area contributed by atoms with Crippen LogP contribution in [0, 0.1) is 0 Å². The maximum atomic E-state index is 7.00. The van der Waals surface area contributed by atoms with Gasteiger partial charge in [-0.05, 0) is 0 Å². The van der Waals surface area contributed by atoms with Crippen molar-refractivity contribution in [3.63, 3.8) is 0 Å². The molecule has 4 heteroatoms. The fourth-order valence-electron chi connectivity index (χ4n) is 0. The first-order valence-corrected chi connectivity index (χ1v) is 0.516. The Bertz CT molecular complexity index is 6.00. The Labute approximate surface area is 44.3 Å². The first-order chi connectivity index (χ1) is 1.41. The first-order valence-electron chi connectivity index (χ1n) is 0.516. The molecule has 0 unspecified atom stereocenters. The fourth-order valence-corrected chi connectivity index (χ4v) is 0. The number of rotatable bonds is 0. The number of hydrogen-bond acceptors (Lipinski definition) is 2. The summed E-state index contributed by atoms with van der Waals surface area (Å²) in [6, 6.07) is 0. The average molecular weight is 136 g/mol. The second kappa shape index (κ2) is 9.12. The quantitative estimate of drug-likeness (QED) is 0.398. The van der Waals surface area contributed by atoms with Gasteiger partial charge in [-0.2, -0.15) is 0 Å². The molecule has 1 radical (unpaired) electrons. The van der Waals surface area contributed by atoms with Crippen LogP contribution in [0.4, 0.5) is 0 Å². The Kier molecular flexibility index (Phi) is 20.2. The molecule has 0 rings (SSSR count). The maximum absolute atomic E-state index is 7.00. The molecule has 0 aliphatic rings. The van der Waals surface area contributed by atoms with Crippen LogP contribution in [0.25, 0.3) is 0 Å². The van der Waals surface area contributed by atoms with Crippen molar-refractivity contribution in [1.82, 2.24) is 0 Å². The molecule has 4 heavy (non-hydrogen) atoms. The van der Waals surface area contributed by atoms with E-state index in [0.717, 1.165) is 0 Å². The molecular formula is H2BO2Zr+4. The average Bonchev–Trinajstić information content (AvgIpc) is 0.918. The predicted octanol–water partition coefficient (Wildman–Crippen LogP) is -1.50. The van der Waals surface area contributed by atoms with Crippen LogP contribution in [0.5, 0.6) is 0 Å². The minimum absolute atomic E-state index is 0. The predicted molar refractivity (Wildman–Crippen MR) is 10.2 cm³/mol. The van der Waals surface area contributed by atoms with Crippen molar-refractivity contribution in [3.8, 4) is 0 Å². The summed E-state index contributed by atoms with van der Waals surface area (Å²) in [7, 11) is 0. The van der Waals surface area contributed by atoms with Gasteiger partial charge in [0.15, 0.2) is 0 Å². The van der Waals surface area contributed by atoms with Gasteiger partial charge in [0.25, 0.3) is 0 Å². The Morgan fingerprint density at radius 2 is 1.25 bits per heavy atom. The van der Waals surface area contributed by atoms with Gasteiger partial charge in [0.05, 0.1) is 0 Å². The second-order valence-corrected chi connectivity index (χ2v) is 0.115. The number of hydrogen-bond donors (Lipinski definition) is 2. The summed E-state index contributed by atoms with van der Waals surface area (Å²) < 4.78 is 0. The van der Waals surface area contributed by atoms with Gasteiger partial charge in [-0.3, -0.25) is 0 Å². The van der Waals surface area contributed by atoms with Gasteiger partial charge >= 0.3 is 33.9 Å². The Morgan fingerprint density at radius 3 is 1.25 bits per heavy atom. The standard InChI is InChI=1S/BH2O2.Zr/c2-1-3;/h2-3H;/q;+4. The third-order valence-electron chi connectivity index (χ3n) is 0. The second-order valence-electron chi connectivity index (χ2n) is 0.115.